The Bertz CT molecular complexity index is 2170. The summed E-state index contributed by atoms with van der Waals surface area (Å²) in [4.78, 5) is 15.2. The second kappa shape index (κ2) is 10.1. The monoisotopic (exact) mass is 535 g/mol. The highest BCUT2D eigenvalue weighted by Crippen LogP contribution is 2.42. The van der Waals surface area contributed by atoms with E-state index in [0.29, 0.717) is 17.5 Å². The van der Waals surface area contributed by atoms with Gasteiger partial charge in [-0.1, -0.05) is 140 Å². The molecule has 0 fully saturated rings. The SMILES string of the molecule is c1ccc(-c2cc(-c3nc(-c4ccccc4)nc(-c4ccccc4)n3)c3c4ccccc4c4ccccc4c3c2)cc1. The van der Waals surface area contributed by atoms with Crippen molar-refractivity contribution in [1.82, 2.24) is 15.0 Å². The van der Waals surface area contributed by atoms with Crippen LogP contribution < -0.4 is 0 Å². The molecule has 0 atom stereocenters. The van der Waals surface area contributed by atoms with Crippen molar-refractivity contribution >= 4 is 32.3 Å². The van der Waals surface area contributed by atoms with Gasteiger partial charge in [0.1, 0.15) is 0 Å². The third-order valence-corrected chi connectivity index (χ3v) is 7.89. The lowest BCUT2D eigenvalue weighted by atomic mass is 9.88. The number of hydrogen-bond donors (Lipinski definition) is 0. The van der Waals surface area contributed by atoms with E-state index in [-0.39, 0.29) is 0 Å². The topological polar surface area (TPSA) is 38.7 Å². The first kappa shape index (κ1) is 24.2. The van der Waals surface area contributed by atoms with Gasteiger partial charge in [0.05, 0.1) is 0 Å². The van der Waals surface area contributed by atoms with E-state index in [2.05, 4.69) is 115 Å². The highest BCUT2D eigenvalue weighted by molar-refractivity contribution is 6.28. The summed E-state index contributed by atoms with van der Waals surface area (Å²) in [6, 6.07) is 52.8. The van der Waals surface area contributed by atoms with Crippen LogP contribution in [0.15, 0.2) is 152 Å². The predicted octanol–water partition coefficient (Wildman–Crippen LogP) is 10.00. The second-order valence-corrected chi connectivity index (χ2v) is 10.4. The maximum absolute atomic E-state index is 5.15. The Labute approximate surface area is 243 Å². The lowest BCUT2D eigenvalue weighted by Gasteiger charge is -2.17. The minimum Gasteiger partial charge on any atom is -0.208 e. The van der Waals surface area contributed by atoms with Crippen molar-refractivity contribution in [3.05, 3.63) is 152 Å². The second-order valence-electron chi connectivity index (χ2n) is 10.4. The van der Waals surface area contributed by atoms with E-state index < -0.39 is 0 Å². The van der Waals surface area contributed by atoms with Crippen LogP contribution in [0.3, 0.4) is 0 Å². The van der Waals surface area contributed by atoms with Gasteiger partial charge in [-0.3, -0.25) is 0 Å². The summed E-state index contributed by atoms with van der Waals surface area (Å²) in [5.41, 5.74) is 5.18. The molecule has 1 aromatic heterocycles. The third kappa shape index (κ3) is 4.11. The largest absolute Gasteiger partial charge is 0.208 e. The smallest absolute Gasteiger partial charge is 0.164 e. The molecule has 0 saturated heterocycles. The van der Waals surface area contributed by atoms with Crippen LogP contribution in [0.25, 0.3) is 77.6 Å². The summed E-state index contributed by atoms with van der Waals surface area (Å²) >= 11 is 0. The zero-order valence-electron chi connectivity index (χ0n) is 22.8. The number of hydrogen-bond acceptors (Lipinski definition) is 3. The molecule has 1 heterocycles. The maximum Gasteiger partial charge on any atom is 0.164 e. The van der Waals surface area contributed by atoms with Crippen molar-refractivity contribution in [2.45, 2.75) is 0 Å². The Balaban J connectivity index is 1.53. The van der Waals surface area contributed by atoms with Gasteiger partial charge >= 0.3 is 0 Å². The number of aromatic nitrogens is 3. The maximum atomic E-state index is 5.15. The molecule has 3 heteroatoms. The van der Waals surface area contributed by atoms with Crippen LogP contribution in [0.2, 0.25) is 0 Å². The van der Waals surface area contributed by atoms with Gasteiger partial charge in [-0.05, 0) is 50.2 Å². The number of benzene rings is 7. The summed E-state index contributed by atoms with van der Waals surface area (Å²) < 4.78 is 0. The van der Waals surface area contributed by atoms with Gasteiger partial charge in [0, 0.05) is 22.1 Å². The van der Waals surface area contributed by atoms with Gasteiger partial charge in [0.2, 0.25) is 0 Å². The number of rotatable bonds is 4. The van der Waals surface area contributed by atoms with Crippen LogP contribution >= 0.6 is 0 Å². The van der Waals surface area contributed by atoms with E-state index in [1.807, 2.05) is 36.4 Å². The van der Waals surface area contributed by atoms with Crippen molar-refractivity contribution in [2.24, 2.45) is 0 Å². The number of nitrogens with zero attached hydrogens (tertiary/aromatic N) is 3. The van der Waals surface area contributed by atoms with Gasteiger partial charge in [0.15, 0.2) is 17.5 Å². The van der Waals surface area contributed by atoms with E-state index in [1.54, 1.807) is 0 Å². The van der Waals surface area contributed by atoms with Gasteiger partial charge in [0.25, 0.3) is 0 Å². The van der Waals surface area contributed by atoms with Gasteiger partial charge in [-0.15, -0.1) is 0 Å². The van der Waals surface area contributed by atoms with Gasteiger partial charge in [-0.2, -0.15) is 0 Å². The third-order valence-electron chi connectivity index (χ3n) is 7.89. The predicted molar refractivity (Wildman–Crippen MR) is 174 cm³/mol. The normalized spacial score (nSPS) is 11.3. The van der Waals surface area contributed by atoms with Crippen LogP contribution in [-0.4, -0.2) is 15.0 Å². The van der Waals surface area contributed by atoms with Crippen molar-refractivity contribution in [2.75, 3.05) is 0 Å². The summed E-state index contributed by atoms with van der Waals surface area (Å²) in [6.45, 7) is 0. The minimum absolute atomic E-state index is 0.655. The average Bonchev–Trinajstić information content (AvgIpc) is 3.09. The lowest BCUT2D eigenvalue weighted by Crippen LogP contribution is -2.01. The molecule has 0 N–H and O–H groups in total. The van der Waals surface area contributed by atoms with E-state index in [4.69, 9.17) is 15.0 Å². The van der Waals surface area contributed by atoms with Gasteiger partial charge < -0.3 is 0 Å². The lowest BCUT2D eigenvalue weighted by molar-refractivity contribution is 1.08. The molecule has 0 amide bonds. The van der Waals surface area contributed by atoms with Gasteiger partial charge in [-0.25, -0.2) is 15.0 Å². The van der Waals surface area contributed by atoms with E-state index in [0.717, 1.165) is 33.2 Å². The standard InChI is InChI=1S/C39H25N3/c1-4-14-26(15-5-1)29-24-34-32-22-11-10-20-30(32)31-21-12-13-23-33(31)36(34)35(25-29)39-41-37(27-16-6-2-7-17-27)40-38(42-39)28-18-8-3-9-19-28/h1-25H. The molecule has 3 nitrogen and oxygen atoms in total. The molecule has 8 aromatic rings. The van der Waals surface area contributed by atoms with Crippen LogP contribution in [0.5, 0.6) is 0 Å². The summed E-state index contributed by atoms with van der Waals surface area (Å²) in [5, 5.41) is 7.18. The molecular formula is C39H25N3. The summed E-state index contributed by atoms with van der Waals surface area (Å²) in [7, 11) is 0. The summed E-state index contributed by atoms with van der Waals surface area (Å²) in [6.07, 6.45) is 0. The van der Waals surface area contributed by atoms with Crippen LogP contribution in [0, 0.1) is 0 Å². The molecule has 0 spiro atoms. The first-order chi connectivity index (χ1) is 20.8. The van der Waals surface area contributed by atoms with Crippen molar-refractivity contribution in [1.29, 1.82) is 0 Å². The molecule has 0 aliphatic heterocycles. The van der Waals surface area contributed by atoms with Crippen LogP contribution in [0.4, 0.5) is 0 Å². The van der Waals surface area contributed by atoms with Crippen molar-refractivity contribution in [3.8, 4) is 45.3 Å². The Morgan fingerprint density at radius 3 is 1.24 bits per heavy atom. The Hall–Kier alpha value is -5.67. The fraction of sp³-hybridized carbons (Fsp3) is 0. The summed E-state index contributed by atoms with van der Waals surface area (Å²) in [5.74, 6) is 1.97. The Morgan fingerprint density at radius 1 is 0.286 bits per heavy atom. The quantitative estimate of drug-likeness (QED) is 0.211. The van der Waals surface area contributed by atoms with Crippen LogP contribution in [0.1, 0.15) is 0 Å². The highest BCUT2D eigenvalue weighted by atomic mass is 15.0. The molecule has 0 aliphatic rings. The van der Waals surface area contributed by atoms with Crippen molar-refractivity contribution in [3.63, 3.8) is 0 Å². The first-order valence-electron chi connectivity index (χ1n) is 14.1. The fourth-order valence-corrected chi connectivity index (χ4v) is 5.94. The molecule has 0 radical (unpaired) electrons. The molecular weight excluding hydrogens is 510 g/mol. The molecule has 42 heavy (non-hydrogen) atoms. The Kier molecular flexibility index (Phi) is 5.79. The average molecular weight is 536 g/mol. The zero-order chi connectivity index (χ0) is 27.9. The fourth-order valence-electron chi connectivity index (χ4n) is 5.94. The molecule has 0 bridgehead atoms. The molecule has 0 aliphatic carbocycles. The van der Waals surface area contributed by atoms with Crippen molar-refractivity contribution < 1.29 is 0 Å². The zero-order valence-corrected chi connectivity index (χ0v) is 22.8. The molecule has 0 unspecified atom stereocenters. The minimum atomic E-state index is 0.655. The van der Waals surface area contributed by atoms with E-state index >= 15 is 0 Å². The van der Waals surface area contributed by atoms with Crippen LogP contribution in [-0.2, 0) is 0 Å². The van der Waals surface area contributed by atoms with E-state index in [1.165, 1.54) is 26.9 Å². The highest BCUT2D eigenvalue weighted by Gasteiger charge is 2.19. The first-order valence-corrected chi connectivity index (χ1v) is 14.1. The molecule has 7 aromatic carbocycles. The molecule has 0 saturated carbocycles. The van der Waals surface area contributed by atoms with E-state index in [9.17, 15) is 0 Å². The molecule has 8 rings (SSSR count). The number of fused-ring (bicyclic) bond motifs is 6. The molecule has 196 valence electrons. The Morgan fingerprint density at radius 2 is 0.690 bits per heavy atom.